The maximum absolute atomic E-state index is 12.7. The summed E-state index contributed by atoms with van der Waals surface area (Å²) in [6.07, 6.45) is 3.44. The molecule has 0 bridgehead atoms. The van der Waals surface area contributed by atoms with E-state index in [0.717, 1.165) is 22.6 Å². The molecule has 0 aliphatic heterocycles. The molecule has 0 unspecified atom stereocenters. The Bertz CT molecular complexity index is 1300. The van der Waals surface area contributed by atoms with E-state index in [2.05, 4.69) is 20.1 Å². The van der Waals surface area contributed by atoms with E-state index < -0.39 is 0 Å². The third-order valence-corrected chi connectivity index (χ3v) is 5.66. The fourth-order valence-corrected chi connectivity index (χ4v) is 3.83. The molecule has 4 rings (SSSR count). The van der Waals surface area contributed by atoms with Crippen molar-refractivity contribution in [3.05, 3.63) is 87.0 Å². The summed E-state index contributed by atoms with van der Waals surface area (Å²) >= 11 is 12.2. The van der Waals surface area contributed by atoms with Crippen LogP contribution >= 0.6 is 23.2 Å². The number of fused-ring (bicyclic) bond motifs is 1. The van der Waals surface area contributed by atoms with Crippen molar-refractivity contribution in [2.45, 2.75) is 20.8 Å². The highest BCUT2D eigenvalue weighted by Gasteiger charge is 2.16. The summed E-state index contributed by atoms with van der Waals surface area (Å²) in [5.74, 6) is -0.319. The van der Waals surface area contributed by atoms with E-state index in [4.69, 9.17) is 23.2 Å². The van der Waals surface area contributed by atoms with Crippen LogP contribution in [0.25, 0.3) is 11.3 Å². The molecule has 0 saturated heterocycles. The Labute approximate surface area is 183 Å². The number of benzene rings is 1. The van der Waals surface area contributed by atoms with Gasteiger partial charge in [0.2, 0.25) is 0 Å². The average molecular weight is 440 g/mol. The summed E-state index contributed by atoms with van der Waals surface area (Å²) in [4.78, 5) is 17.1. The lowest BCUT2D eigenvalue weighted by molar-refractivity contribution is 0.0948. The third-order valence-electron chi connectivity index (χ3n) is 4.92. The second-order valence-corrected chi connectivity index (χ2v) is 7.75. The van der Waals surface area contributed by atoms with Crippen LogP contribution in [0.3, 0.4) is 0 Å². The van der Waals surface area contributed by atoms with E-state index >= 15 is 0 Å². The number of hydrogen-bond acceptors (Lipinski definition) is 3. The predicted octanol–water partition coefficient (Wildman–Crippen LogP) is 5.12. The topological polar surface area (TPSA) is 63.7 Å². The van der Waals surface area contributed by atoms with Gasteiger partial charge in [-0.15, -0.1) is 0 Å². The molecular weight excluding hydrogens is 421 g/mol. The summed E-state index contributed by atoms with van der Waals surface area (Å²) in [7, 11) is 0. The smallest absolute Gasteiger partial charge is 0.290 e. The molecule has 6 nitrogen and oxygen atoms in total. The van der Waals surface area contributed by atoms with Gasteiger partial charge in [0, 0.05) is 28.8 Å². The highest BCUT2D eigenvalue weighted by Crippen LogP contribution is 2.27. The SMILES string of the molecule is Cc1nc2ccccn2c1C(=O)N/N=C\c1cc(C)n(-c2ccc(Cl)c(Cl)c2)c1C. The van der Waals surface area contributed by atoms with Gasteiger partial charge < -0.3 is 4.57 Å². The fraction of sp³-hybridized carbons (Fsp3) is 0.136. The molecule has 30 heavy (non-hydrogen) atoms. The van der Waals surface area contributed by atoms with Crippen molar-refractivity contribution in [2.24, 2.45) is 5.10 Å². The highest BCUT2D eigenvalue weighted by molar-refractivity contribution is 6.42. The van der Waals surface area contributed by atoms with Gasteiger partial charge in [-0.3, -0.25) is 9.20 Å². The first-order valence-electron chi connectivity index (χ1n) is 9.28. The second kappa shape index (κ2) is 7.97. The van der Waals surface area contributed by atoms with Crippen LogP contribution in [0.2, 0.25) is 10.0 Å². The van der Waals surface area contributed by atoms with Gasteiger partial charge in [-0.2, -0.15) is 5.10 Å². The molecule has 4 aromatic rings. The Balaban J connectivity index is 1.58. The van der Waals surface area contributed by atoms with E-state index in [-0.39, 0.29) is 5.91 Å². The van der Waals surface area contributed by atoms with E-state index in [1.54, 1.807) is 29.8 Å². The number of carbonyl (C=O) groups excluding carboxylic acids is 1. The van der Waals surface area contributed by atoms with Gasteiger partial charge >= 0.3 is 0 Å². The molecule has 0 aliphatic rings. The van der Waals surface area contributed by atoms with E-state index in [0.29, 0.717) is 27.1 Å². The normalized spacial score (nSPS) is 11.5. The summed E-state index contributed by atoms with van der Waals surface area (Å²) in [5, 5.41) is 5.16. The molecule has 1 amide bonds. The van der Waals surface area contributed by atoms with Crippen LogP contribution in [0.1, 0.15) is 33.1 Å². The van der Waals surface area contributed by atoms with E-state index in [1.807, 2.05) is 50.2 Å². The van der Waals surface area contributed by atoms with Crippen LogP contribution in [0, 0.1) is 20.8 Å². The third kappa shape index (κ3) is 3.60. The number of carbonyl (C=O) groups is 1. The Morgan fingerprint density at radius 1 is 1.10 bits per heavy atom. The molecule has 3 heterocycles. The van der Waals surface area contributed by atoms with Crippen molar-refractivity contribution in [1.82, 2.24) is 19.4 Å². The number of aromatic nitrogens is 3. The van der Waals surface area contributed by atoms with Gasteiger partial charge in [-0.25, -0.2) is 10.4 Å². The van der Waals surface area contributed by atoms with Crippen molar-refractivity contribution in [2.75, 3.05) is 0 Å². The van der Waals surface area contributed by atoms with Gasteiger partial charge in [0.05, 0.1) is 22.0 Å². The van der Waals surface area contributed by atoms with Crippen LogP contribution in [0.4, 0.5) is 0 Å². The van der Waals surface area contributed by atoms with Crippen molar-refractivity contribution >= 4 is 41.0 Å². The summed E-state index contributed by atoms with van der Waals surface area (Å²) in [5.41, 5.74) is 8.19. The first-order valence-corrected chi connectivity index (χ1v) is 10.0. The average Bonchev–Trinajstić information content (AvgIpc) is 3.19. The minimum absolute atomic E-state index is 0.319. The maximum atomic E-state index is 12.7. The molecule has 1 N–H and O–H groups in total. The molecule has 8 heteroatoms. The number of nitrogens with zero attached hydrogens (tertiary/aromatic N) is 4. The zero-order valence-electron chi connectivity index (χ0n) is 16.6. The molecule has 0 saturated carbocycles. The number of pyridine rings is 1. The Morgan fingerprint density at radius 3 is 2.67 bits per heavy atom. The summed E-state index contributed by atoms with van der Waals surface area (Å²) in [6, 6.07) is 13.1. The maximum Gasteiger partial charge on any atom is 0.290 e. The molecule has 152 valence electrons. The summed E-state index contributed by atoms with van der Waals surface area (Å²) < 4.78 is 3.80. The zero-order chi connectivity index (χ0) is 21.4. The number of rotatable bonds is 4. The lowest BCUT2D eigenvalue weighted by Crippen LogP contribution is -2.20. The lowest BCUT2D eigenvalue weighted by Gasteiger charge is -2.10. The Kier molecular flexibility index (Phi) is 5.37. The van der Waals surface area contributed by atoms with Gasteiger partial charge in [-0.1, -0.05) is 29.3 Å². The van der Waals surface area contributed by atoms with Gasteiger partial charge in [0.15, 0.2) is 0 Å². The van der Waals surface area contributed by atoms with E-state index in [1.165, 1.54) is 0 Å². The Morgan fingerprint density at radius 2 is 1.90 bits per heavy atom. The predicted molar refractivity (Wildman–Crippen MR) is 120 cm³/mol. The molecular formula is C22H19Cl2N5O. The van der Waals surface area contributed by atoms with Gasteiger partial charge in [0.25, 0.3) is 5.91 Å². The second-order valence-electron chi connectivity index (χ2n) is 6.93. The lowest BCUT2D eigenvalue weighted by atomic mass is 10.2. The zero-order valence-corrected chi connectivity index (χ0v) is 18.2. The van der Waals surface area contributed by atoms with Crippen molar-refractivity contribution in [3.63, 3.8) is 0 Å². The molecule has 0 spiro atoms. The first-order chi connectivity index (χ1) is 14.4. The number of amides is 1. The van der Waals surface area contributed by atoms with Crippen LogP contribution in [-0.2, 0) is 0 Å². The van der Waals surface area contributed by atoms with Crippen molar-refractivity contribution in [1.29, 1.82) is 0 Å². The molecule has 0 fully saturated rings. The standard InChI is InChI=1S/C22H19Cl2N5O/c1-13-10-16(15(3)29(13)17-7-8-18(23)19(24)11-17)12-25-27-22(30)21-14(2)26-20-6-4-5-9-28(20)21/h4-12H,1-3H3,(H,27,30)/b25-12-. The number of imidazole rings is 1. The van der Waals surface area contributed by atoms with Crippen molar-refractivity contribution < 1.29 is 4.79 Å². The van der Waals surface area contributed by atoms with Crippen LogP contribution in [0.5, 0.6) is 0 Å². The van der Waals surface area contributed by atoms with Crippen LogP contribution < -0.4 is 5.43 Å². The number of hydrogen-bond donors (Lipinski definition) is 1. The summed E-state index contributed by atoms with van der Waals surface area (Å²) in [6.45, 7) is 5.77. The minimum atomic E-state index is -0.319. The highest BCUT2D eigenvalue weighted by atomic mass is 35.5. The number of nitrogens with one attached hydrogen (secondary N) is 1. The number of aryl methyl sites for hydroxylation is 2. The Hall–Kier alpha value is -3.09. The molecule has 3 aromatic heterocycles. The van der Waals surface area contributed by atoms with Gasteiger partial charge in [-0.05, 0) is 57.2 Å². The fourth-order valence-electron chi connectivity index (χ4n) is 3.54. The molecule has 0 atom stereocenters. The minimum Gasteiger partial charge on any atom is -0.318 e. The quantitative estimate of drug-likeness (QED) is 0.354. The van der Waals surface area contributed by atoms with Crippen LogP contribution in [-0.4, -0.2) is 26.1 Å². The monoisotopic (exact) mass is 439 g/mol. The van der Waals surface area contributed by atoms with Gasteiger partial charge in [0.1, 0.15) is 11.3 Å². The molecule has 1 aromatic carbocycles. The van der Waals surface area contributed by atoms with E-state index in [9.17, 15) is 4.79 Å². The number of hydrazone groups is 1. The van der Waals surface area contributed by atoms with Crippen LogP contribution in [0.15, 0.2) is 53.8 Å². The largest absolute Gasteiger partial charge is 0.318 e. The molecule has 0 radical (unpaired) electrons. The molecule has 0 aliphatic carbocycles. The first kappa shape index (κ1) is 20.2. The number of halogens is 2. The van der Waals surface area contributed by atoms with Crippen molar-refractivity contribution in [3.8, 4) is 5.69 Å².